The molecule has 0 spiro atoms. The Bertz CT molecular complexity index is 470. The molecule has 0 amide bonds. The first-order chi connectivity index (χ1) is 9.30. The van der Waals surface area contributed by atoms with E-state index in [2.05, 4.69) is 42.3 Å². The van der Waals surface area contributed by atoms with Gasteiger partial charge in [0.25, 0.3) is 0 Å². The summed E-state index contributed by atoms with van der Waals surface area (Å²) in [7, 11) is 0. The number of hydrogen-bond donors (Lipinski definition) is 0. The molecule has 0 aliphatic carbocycles. The molecule has 0 fully saturated rings. The molecule has 0 aliphatic heterocycles. The average Bonchev–Trinajstić information content (AvgIpc) is 2.43. The fourth-order valence-electron chi connectivity index (χ4n) is 1.86. The van der Waals surface area contributed by atoms with E-state index in [1.807, 2.05) is 26.0 Å². The molecule has 0 saturated heterocycles. The lowest BCUT2D eigenvalue weighted by Crippen LogP contribution is -2.26. The van der Waals surface area contributed by atoms with Gasteiger partial charge in [-0.25, -0.2) is 4.79 Å². The van der Waals surface area contributed by atoms with Crippen LogP contribution in [0.3, 0.4) is 0 Å². The molecule has 20 heavy (non-hydrogen) atoms. The molecule has 0 aromatic heterocycles. The molecule has 0 saturated carbocycles. The number of carbonyl (C=O) groups is 1. The lowest BCUT2D eigenvalue weighted by molar-refractivity contribution is -0.247. The maximum atomic E-state index is 11.8. The SMILES string of the molecule is C=C(C(=O)OO[CH]C)C(C)(C)c1ccc(C(C)C)cc1. The van der Waals surface area contributed by atoms with Gasteiger partial charge in [0.05, 0.1) is 0 Å². The first-order valence-electron chi connectivity index (χ1n) is 6.76. The first kappa shape index (κ1) is 16.4. The normalized spacial score (nSPS) is 11.5. The monoisotopic (exact) mass is 275 g/mol. The van der Waals surface area contributed by atoms with Crippen molar-refractivity contribution in [2.75, 3.05) is 0 Å². The topological polar surface area (TPSA) is 35.5 Å². The summed E-state index contributed by atoms with van der Waals surface area (Å²) >= 11 is 0. The summed E-state index contributed by atoms with van der Waals surface area (Å²) < 4.78 is 0. The first-order valence-corrected chi connectivity index (χ1v) is 6.76. The molecular formula is C17H23O3. The van der Waals surface area contributed by atoms with Gasteiger partial charge in [0, 0.05) is 11.0 Å². The molecule has 0 heterocycles. The van der Waals surface area contributed by atoms with Gasteiger partial charge in [-0.05, 0) is 24.0 Å². The summed E-state index contributed by atoms with van der Waals surface area (Å²) in [5, 5.41) is 0. The summed E-state index contributed by atoms with van der Waals surface area (Å²) in [6.07, 6.45) is 0. The van der Waals surface area contributed by atoms with Gasteiger partial charge in [-0.15, -0.1) is 0 Å². The van der Waals surface area contributed by atoms with E-state index in [1.165, 1.54) is 12.2 Å². The summed E-state index contributed by atoms with van der Waals surface area (Å²) in [4.78, 5) is 21.0. The third-order valence-electron chi connectivity index (χ3n) is 3.52. The second kappa shape index (κ2) is 6.71. The molecule has 0 bridgehead atoms. The Morgan fingerprint density at radius 2 is 1.80 bits per heavy atom. The van der Waals surface area contributed by atoms with Gasteiger partial charge < -0.3 is 0 Å². The number of hydrogen-bond acceptors (Lipinski definition) is 3. The third-order valence-corrected chi connectivity index (χ3v) is 3.52. The van der Waals surface area contributed by atoms with Crippen molar-refractivity contribution in [1.82, 2.24) is 0 Å². The van der Waals surface area contributed by atoms with E-state index in [-0.39, 0.29) is 0 Å². The van der Waals surface area contributed by atoms with E-state index in [0.717, 1.165) is 5.56 Å². The predicted octanol–water partition coefficient (Wildman–Crippen LogP) is 4.30. The molecule has 0 atom stereocenters. The van der Waals surface area contributed by atoms with Crippen LogP contribution < -0.4 is 0 Å². The standard InChI is InChI=1S/C17H23O3/c1-7-19-20-16(18)13(4)17(5,6)15-10-8-14(9-11-15)12(2)3/h7-12H,4H2,1-3,5-6H3. The van der Waals surface area contributed by atoms with Gasteiger partial charge >= 0.3 is 5.97 Å². The Morgan fingerprint density at radius 3 is 2.25 bits per heavy atom. The van der Waals surface area contributed by atoms with Crippen LogP contribution in [-0.2, 0) is 20.0 Å². The van der Waals surface area contributed by atoms with Crippen LogP contribution in [-0.4, -0.2) is 5.97 Å². The van der Waals surface area contributed by atoms with Crippen molar-refractivity contribution < 1.29 is 14.6 Å². The van der Waals surface area contributed by atoms with Gasteiger partial charge in [0.2, 0.25) is 0 Å². The van der Waals surface area contributed by atoms with Gasteiger partial charge in [-0.3, -0.25) is 4.89 Å². The fourth-order valence-corrected chi connectivity index (χ4v) is 1.86. The summed E-state index contributed by atoms with van der Waals surface area (Å²) in [5.74, 6) is -0.0742. The highest BCUT2D eigenvalue weighted by Gasteiger charge is 2.30. The van der Waals surface area contributed by atoms with Crippen molar-refractivity contribution in [2.24, 2.45) is 0 Å². The zero-order chi connectivity index (χ0) is 15.3. The molecule has 1 aromatic carbocycles. The van der Waals surface area contributed by atoms with Crippen molar-refractivity contribution in [1.29, 1.82) is 0 Å². The van der Waals surface area contributed by atoms with Crippen LogP contribution in [0.2, 0.25) is 0 Å². The van der Waals surface area contributed by atoms with Crippen molar-refractivity contribution in [3.05, 3.63) is 54.2 Å². The Morgan fingerprint density at radius 1 is 1.25 bits per heavy atom. The highest BCUT2D eigenvalue weighted by molar-refractivity contribution is 5.90. The van der Waals surface area contributed by atoms with Gasteiger partial charge in [0.1, 0.15) is 6.61 Å². The summed E-state index contributed by atoms with van der Waals surface area (Å²) in [6, 6.07) is 8.22. The molecule has 1 radical (unpaired) electrons. The summed E-state index contributed by atoms with van der Waals surface area (Å²) in [5.41, 5.74) is 2.13. The van der Waals surface area contributed by atoms with Gasteiger partial charge in [0.15, 0.2) is 0 Å². The number of carbonyl (C=O) groups excluding carboxylic acids is 1. The van der Waals surface area contributed by atoms with Crippen LogP contribution in [0.1, 0.15) is 51.7 Å². The van der Waals surface area contributed by atoms with E-state index < -0.39 is 11.4 Å². The van der Waals surface area contributed by atoms with Crippen molar-refractivity contribution in [3.63, 3.8) is 0 Å². The molecular weight excluding hydrogens is 252 g/mol. The predicted molar refractivity (Wildman–Crippen MR) is 79.8 cm³/mol. The average molecular weight is 275 g/mol. The summed E-state index contributed by atoms with van der Waals surface area (Å²) in [6.45, 7) is 15.0. The molecule has 0 unspecified atom stereocenters. The Kier molecular flexibility index (Phi) is 5.52. The van der Waals surface area contributed by atoms with Crippen LogP contribution in [0, 0.1) is 6.61 Å². The smallest absolute Gasteiger partial charge is 0.293 e. The van der Waals surface area contributed by atoms with Crippen molar-refractivity contribution >= 4 is 5.97 Å². The lowest BCUT2D eigenvalue weighted by atomic mass is 9.78. The number of rotatable bonds is 6. The maximum Gasteiger partial charge on any atom is 0.369 e. The quantitative estimate of drug-likeness (QED) is 0.441. The fraction of sp³-hybridized carbons (Fsp3) is 0.412. The van der Waals surface area contributed by atoms with E-state index in [1.54, 1.807) is 6.92 Å². The molecule has 1 rings (SSSR count). The Hall–Kier alpha value is -1.61. The third kappa shape index (κ3) is 3.70. The maximum absolute atomic E-state index is 11.8. The molecule has 109 valence electrons. The van der Waals surface area contributed by atoms with Gasteiger partial charge in [-0.2, -0.15) is 4.89 Å². The molecule has 1 aromatic rings. The van der Waals surface area contributed by atoms with Crippen molar-refractivity contribution in [3.8, 4) is 0 Å². The zero-order valence-corrected chi connectivity index (χ0v) is 12.9. The van der Waals surface area contributed by atoms with Crippen LogP contribution in [0.4, 0.5) is 0 Å². The molecule has 3 heteroatoms. The van der Waals surface area contributed by atoms with Crippen LogP contribution in [0.15, 0.2) is 36.4 Å². The van der Waals surface area contributed by atoms with Crippen LogP contribution in [0.5, 0.6) is 0 Å². The molecule has 3 nitrogen and oxygen atoms in total. The Labute approximate surface area is 121 Å². The van der Waals surface area contributed by atoms with E-state index in [9.17, 15) is 4.79 Å². The highest BCUT2D eigenvalue weighted by Crippen LogP contribution is 2.32. The van der Waals surface area contributed by atoms with Crippen LogP contribution in [0.25, 0.3) is 0 Å². The Balaban J connectivity index is 2.91. The van der Waals surface area contributed by atoms with E-state index >= 15 is 0 Å². The molecule has 0 N–H and O–H groups in total. The minimum Gasteiger partial charge on any atom is -0.293 e. The van der Waals surface area contributed by atoms with Crippen LogP contribution >= 0.6 is 0 Å². The minimum atomic E-state index is -0.555. The highest BCUT2D eigenvalue weighted by atomic mass is 17.2. The second-order valence-corrected chi connectivity index (χ2v) is 5.58. The lowest BCUT2D eigenvalue weighted by Gasteiger charge is -2.26. The largest absolute Gasteiger partial charge is 0.369 e. The number of benzene rings is 1. The zero-order valence-electron chi connectivity index (χ0n) is 12.9. The minimum absolute atomic E-state index is 0.358. The van der Waals surface area contributed by atoms with E-state index in [4.69, 9.17) is 0 Å². The second-order valence-electron chi connectivity index (χ2n) is 5.58. The van der Waals surface area contributed by atoms with Crippen molar-refractivity contribution in [2.45, 2.75) is 46.0 Å². The molecule has 0 aliphatic rings. The van der Waals surface area contributed by atoms with Gasteiger partial charge in [-0.1, -0.05) is 58.5 Å². The van der Waals surface area contributed by atoms with E-state index in [0.29, 0.717) is 11.5 Å².